The van der Waals surface area contributed by atoms with Gasteiger partial charge in [0.2, 0.25) is 5.91 Å². The normalized spacial score (nSPS) is 12.4. The minimum Gasteiger partial charge on any atom is -0.356 e. The van der Waals surface area contributed by atoms with Crippen molar-refractivity contribution >= 4 is 28.8 Å². The molecule has 0 aliphatic carbocycles. The Morgan fingerprint density at radius 2 is 2.35 bits per heavy atom. The van der Waals surface area contributed by atoms with Gasteiger partial charge in [0.25, 0.3) is 0 Å². The second kappa shape index (κ2) is 7.69. The number of rotatable bonds is 7. The van der Waals surface area contributed by atoms with Gasteiger partial charge in [0.05, 0.1) is 4.34 Å². The van der Waals surface area contributed by atoms with E-state index in [1.165, 1.54) is 4.88 Å². The molecule has 0 spiro atoms. The first-order valence-electron chi connectivity index (χ1n) is 5.86. The highest BCUT2D eigenvalue weighted by atomic mass is 35.5. The van der Waals surface area contributed by atoms with E-state index in [1.807, 2.05) is 12.1 Å². The summed E-state index contributed by atoms with van der Waals surface area (Å²) >= 11 is 7.38. The molecule has 0 fully saturated rings. The molecule has 1 rings (SSSR count). The van der Waals surface area contributed by atoms with Crippen LogP contribution in [0.3, 0.4) is 0 Å². The van der Waals surface area contributed by atoms with E-state index < -0.39 is 0 Å². The molecule has 17 heavy (non-hydrogen) atoms. The third kappa shape index (κ3) is 5.52. The van der Waals surface area contributed by atoms with Crippen molar-refractivity contribution in [3.8, 4) is 0 Å². The second-order valence-electron chi connectivity index (χ2n) is 4.02. The number of carbonyl (C=O) groups is 1. The lowest BCUT2D eigenvalue weighted by Gasteiger charge is -2.11. The molecule has 3 nitrogen and oxygen atoms in total. The van der Waals surface area contributed by atoms with E-state index in [0.717, 1.165) is 17.2 Å². The molecule has 1 aromatic rings. The van der Waals surface area contributed by atoms with Gasteiger partial charge in [-0.2, -0.15) is 0 Å². The summed E-state index contributed by atoms with van der Waals surface area (Å²) in [4.78, 5) is 12.8. The molecular formula is C12H19ClN2OS. The van der Waals surface area contributed by atoms with Crippen LogP contribution in [0.2, 0.25) is 4.34 Å². The van der Waals surface area contributed by atoms with Gasteiger partial charge >= 0.3 is 0 Å². The van der Waals surface area contributed by atoms with E-state index in [1.54, 1.807) is 11.3 Å². The predicted octanol–water partition coefficient (Wildman–Crippen LogP) is 2.44. The summed E-state index contributed by atoms with van der Waals surface area (Å²) < 4.78 is 0.792. The Hall–Kier alpha value is -0.580. The van der Waals surface area contributed by atoms with Crippen molar-refractivity contribution in [1.82, 2.24) is 5.32 Å². The number of hydrogen-bond donors (Lipinski definition) is 2. The topological polar surface area (TPSA) is 55.1 Å². The van der Waals surface area contributed by atoms with E-state index in [0.29, 0.717) is 25.4 Å². The van der Waals surface area contributed by atoms with E-state index in [-0.39, 0.29) is 5.91 Å². The van der Waals surface area contributed by atoms with Crippen molar-refractivity contribution in [2.75, 3.05) is 13.1 Å². The molecule has 0 radical (unpaired) electrons. The molecule has 0 saturated heterocycles. The average molecular weight is 275 g/mol. The summed E-state index contributed by atoms with van der Waals surface area (Å²) in [5.74, 6) is 0.385. The first-order valence-corrected chi connectivity index (χ1v) is 7.06. The Balaban J connectivity index is 2.20. The van der Waals surface area contributed by atoms with Gasteiger partial charge in [-0.25, -0.2) is 0 Å². The van der Waals surface area contributed by atoms with Gasteiger partial charge in [-0.3, -0.25) is 4.79 Å². The Labute approximate surface area is 111 Å². The molecule has 1 atom stereocenters. The number of hydrogen-bond acceptors (Lipinski definition) is 3. The molecule has 0 aromatic carbocycles. The molecule has 0 saturated carbocycles. The zero-order valence-electron chi connectivity index (χ0n) is 10.0. The average Bonchev–Trinajstić information content (AvgIpc) is 2.72. The number of thiophene rings is 1. The van der Waals surface area contributed by atoms with Crippen molar-refractivity contribution < 1.29 is 4.79 Å². The third-order valence-corrected chi connectivity index (χ3v) is 4.00. The molecule has 0 aliphatic heterocycles. The maximum absolute atomic E-state index is 11.6. The number of nitrogens with two attached hydrogens (primary N) is 1. The molecule has 0 aliphatic rings. The summed E-state index contributed by atoms with van der Waals surface area (Å²) in [6, 6.07) is 3.87. The van der Waals surface area contributed by atoms with Crippen LogP contribution in [0.25, 0.3) is 0 Å². The minimum absolute atomic E-state index is 0.0879. The molecule has 5 heteroatoms. The number of halogens is 1. The van der Waals surface area contributed by atoms with Gasteiger partial charge in [0.1, 0.15) is 0 Å². The fraction of sp³-hybridized carbons (Fsp3) is 0.583. The third-order valence-electron chi connectivity index (χ3n) is 2.71. The van der Waals surface area contributed by atoms with Crippen LogP contribution in [0.1, 0.15) is 24.6 Å². The Kier molecular flexibility index (Phi) is 6.55. The van der Waals surface area contributed by atoms with Crippen molar-refractivity contribution in [3.63, 3.8) is 0 Å². The van der Waals surface area contributed by atoms with Gasteiger partial charge in [-0.05, 0) is 31.0 Å². The van der Waals surface area contributed by atoms with E-state index in [4.69, 9.17) is 17.3 Å². The summed E-state index contributed by atoms with van der Waals surface area (Å²) in [7, 11) is 0. The van der Waals surface area contributed by atoms with Gasteiger partial charge in [0.15, 0.2) is 0 Å². The summed E-state index contributed by atoms with van der Waals surface area (Å²) in [5.41, 5.74) is 5.56. The highest BCUT2D eigenvalue weighted by molar-refractivity contribution is 7.16. The maximum atomic E-state index is 11.6. The molecule has 1 amide bonds. The first kappa shape index (κ1) is 14.5. The molecule has 1 aromatic heterocycles. The highest BCUT2D eigenvalue weighted by Gasteiger charge is 2.09. The SMILES string of the molecule is CCC(CN)CC(=O)NCCc1ccc(Cl)s1. The van der Waals surface area contributed by atoms with Crippen LogP contribution in [0.4, 0.5) is 0 Å². The molecular weight excluding hydrogens is 256 g/mol. The number of amides is 1. The minimum atomic E-state index is 0.0879. The summed E-state index contributed by atoms with van der Waals surface area (Å²) in [6.07, 6.45) is 2.31. The first-order chi connectivity index (χ1) is 8.15. The van der Waals surface area contributed by atoms with Crippen LogP contribution >= 0.6 is 22.9 Å². The van der Waals surface area contributed by atoms with E-state index in [2.05, 4.69) is 12.2 Å². The molecule has 3 N–H and O–H groups in total. The Morgan fingerprint density at radius 1 is 1.59 bits per heavy atom. The Bertz CT molecular complexity index is 350. The quantitative estimate of drug-likeness (QED) is 0.802. The van der Waals surface area contributed by atoms with Crippen molar-refractivity contribution in [2.24, 2.45) is 11.7 Å². The number of nitrogens with one attached hydrogen (secondary N) is 1. The lowest BCUT2D eigenvalue weighted by Crippen LogP contribution is -2.29. The smallest absolute Gasteiger partial charge is 0.220 e. The predicted molar refractivity (Wildman–Crippen MR) is 73.5 cm³/mol. The fourth-order valence-electron chi connectivity index (χ4n) is 1.54. The lowest BCUT2D eigenvalue weighted by molar-refractivity contribution is -0.121. The monoisotopic (exact) mass is 274 g/mol. The summed E-state index contributed by atoms with van der Waals surface area (Å²) in [5, 5.41) is 2.91. The molecule has 1 unspecified atom stereocenters. The van der Waals surface area contributed by atoms with Gasteiger partial charge in [-0.1, -0.05) is 24.9 Å². The molecule has 1 heterocycles. The molecule has 96 valence electrons. The van der Waals surface area contributed by atoms with Crippen molar-refractivity contribution in [1.29, 1.82) is 0 Å². The van der Waals surface area contributed by atoms with Crippen LogP contribution in [0, 0.1) is 5.92 Å². The number of carbonyl (C=O) groups excluding carboxylic acids is 1. The van der Waals surface area contributed by atoms with Gasteiger partial charge < -0.3 is 11.1 Å². The van der Waals surface area contributed by atoms with Crippen LogP contribution in [0.15, 0.2) is 12.1 Å². The van der Waals surface area contributed by atoms with Crippen LogP contribution in [0.5, 0.6) is 0 Å². The van der Waals surface area contributed by atoms with Gasteiger partial charge in [0, 0.05) is 17.8 Å². The largest absolute Gasteiger partial charge is 0.356 e. The van der Waals surface area contributed by atoms with Crippen LogP contribution in [-0.2, 0) is 11.2 Å². The lowest BCUT2D eigenvalue weighted by atomic mass is 10.0. The Morgan fingerprint density at radius 3 is 2.88 bits per heavy atom. The molecule has 0 bridgehead atoms. The summed E-state index contributed by atoms with van der Waals surface area (Å²) in [6.45, 7) is 3.29. The van der Waals surface area contributed by atoms with E-state index >= 15 is 0 Å². The zero-order chi connectivity index (χ0) is 12.7. The van der Waals surface area contributed by atoms with Crippen molar-refractivity contribution in [2.45, 2.75) is 26.2 Å². The standard InChI is InChI=1S/C12H19ClN2OS/c1-2-9(8-14)7-12(16)15-6-5-10-3-4-11(13)17-10/h3-4,9H,2,5-8,14H2,1H3,(H,15,16). The van der Waals surface area contributed by atoms with Gasteiger partial charge in [-0.15, -0.1) is 11.3 Å². The van der Waals surface area contributed by atoms with Crippen LogP contribution in [-0.4, -0.2) is 19.0 Å². The fourth-order valence-corrected chi connectivity index (χ4v) is 2.63. The zero-order valence-corrected chi connectivity index (χ0v) is 11.6. The maximum Gasteiger partial charge on any atom is 0.220 e. The second-order valence-corrected chi connectivity index (χ2v) is 5.82. The van der Waals surface area contributed by atoms with Crippen molar-refractivity contribution in [3.05, 3.63) is 21.3 Å². The van der Waals surface area contributed by atoms with Crippen LogP contribution < -0.4 is 11.1 Å². The van der Waals surface area contributed by atoms with E-state index in [9.17, 15) is 4.79 Å². The highest BCUT2D eigenvalue weighted by Crippen LogP contribution is 2.21.